The van der Waals surface area contributed by atoms with Crippen LogP contribution < -0.4 is 10.2 Å². The highest BCUT2D eigenvalue weighted by atomic mass is 19.4. The molecule has 1 aliphatic carbocycles. The molecule has 0 bridgehead atoms. The zero-order valence-corrected chi connectivity index (χ0v) is 20.1. The molecular formula is C24H25F6N5O2. The largest absolute Gasteiger partial charge is 0.477 e. The predicted molar refractivity (Wildman–Crippen MR) is 121 cm³/mol. The Morgan fingerprint density at radius 2 is 1.92 bits per heavy atom. The fourth-order valence-corrected chi connectivity index (χ4v) is 3.98. The average molecular weight is 529 g/mol. The number of rotatable bonds is 9. The van der Waals surface area contributed by atoms with Crippen molar-refractivity contribution in [2.24, 2.45) is 18.1 Å². The van der Waals surface area contributed by atoms with Crippen molar-refractivity contribution in [3.63, 3.8) is 0 Å². The number of halogens is 6. The molecule has 0 saturated heterocycles. The third-order valence-corrected chi connectivity index (χ3v) is 6.05. The summed E-state index contributed by atoms with van der Waals surface area (Å²) >= 11 is 0. The van der Waals surface area contributed by atoms with Crippen LogP contribution in [0, 0.1) is 5.92 Å². The second-order valence-electron chi connectivity index (χ2n) is 9.32. The van der Waals surface area contributed by atoms with Crippen LogP contribution in [0.25, 0.3) is 0 Å². The van der Waals surface area contributed by atoms with Crippen LogP contribution >= 0.6 is 0 Å². The zero-order valence-electron chi connectivity index (χ0n) is 20.1. The van der Waals surface area contributed by atoms with Gasteiger partial charge in [-0.25, -0.2) is 4.98 Å². The Morgan fingerprint density at radius 1 is 1.19 bits per heavy atom. The molecule has 0 aromatic carbocycles. The number of nitrogens with zero attached hydrogens (tertiary/aromatic N) is 4. The molecule has 0 amide bonds. The lowest BCUT2D eigenvalue weighted by molar-refractivity contribution is -0.142. The highest BCUT2D eigenvalue weighted by Gasteiger charge is 2.40. The second-order valence-corrected chi connectivity index (χ2v) is 9.32. The maximum absolute atomic E-state index is 13.5. The molecule has 2 aliphatic rings. The van der Waals surface area contributed by atoms with Crippen LogP contribution in [0.2, 0.25) is 0 Å². The number of Topliss-reactive ketones (excluding diaryl/α,β-unsaturated/α-hetero) is 1. The molecule has 1 saturated carbocycles. The Kier molecular flexibility index (Phi) is 7.33. The monoisotopic (exact) mass is 529 g/mol. The Hall–Kier alpha value is -3.38. The van der Waals surface area contributed by atoms with Gasteiger partial charge in [-0.3, -0.25) is 14.9 Å². The standard InChI is InChI=1S/C24H25F6N5O2/c1-13-7-16(32-33-20(13)18-11-35(2)34-21(18)24(28,29)30)5-6-17(36)8-15-9-19(23(25,26)27)22(31-10-15)37-12-14-3-4-14/h7,9-11,14,20,33H,3-6,8,12H2,1-2H3. The lowest BCUT2D eigenvalue weighted by Crippen LogP contribution is -2.25. The van der Waals surface area contributed by atoms with Gasteiger partial charge >= 0.3 is 12.4 Å². The molecular weight excluding hydrogens is 504 g/mol. The van der Waals surface area contributed by atoms with Crippen molar-refractivity contribution < 1.29 is 35.9 Å². The van der Waals surface area contributed by atoms with Gasteiger partial charge in [0.1, 0.15) is 11.3 Å². The molecule has 1 unspecified atom stereocenters. The Morgan fingerprint density at radius 3 is 2.54 bits per heavy atom. The number of alkyl halides is 6. The molecule has 0 spiro atoms. The van der Waals surface area contributed by atoms with E-state index in [0.717, 1.165) is 23.6 Å². The number of hydrogen-bond donors (Lipinski definition) is 1. The molecule has 37 heavy (non-hydrogen) atoms. The summed E-state index contributed by atoms with van der Waals surface area (Å²) < 4.78 is 86.7. The number of ether oxygens (including phenoxy) is 1. The number of aryl methyl sites for hydroxylation is 1. The minimum absolute atomic E-state index is 0.0169. The van der Waals surface area contributed by atoms with E-state index in [0.29, 0.717) is 11.3 Å². The third kappa shape index (κ3) is 6.69. The fraction of sp³-hybridized carbons (Fsp3) is 0.500. The first-order valence-electron chi connectivity index (χ1n) is 11.6. The summed E-state index contributed by atoms with van der Waals surface area (Å²) in [6.45, 7) is 1.81. The minimum atomic E-state index is -4.67. The van der Waals surface area contributed by atoms with Gasteiger partial charge in [-0.05, 0) is 55.4 Å². The van der Waals surface area contributed by atoms with E-state index >= 15 is 0 Å². The number of allylic oxidation sites excluding steroid dienone is 1. The Balaban J connectivity index is 1.36. The molecule has 2 aromatic heterocycles. The number of carbonyl (C=O) groups excluding carboxylic acids is 1. The van der Waals surface area contributed by atoms with Gasteiger partial charge in [-0.1, -0.05) is 0 Å². The minimum Gasteiger partial charge on any atom is -0.477 e. The van der Waals surface area contributed by atoms with Crippen LogP contribution in [0.5, 0.6) is 5.88 Å². The van der Waals surface area contributed by atoms with Crippen LogP contribution in [-0.4, -0.2) is 32.9 Å². The summed E-state index contributed by atoms with van der Waals surface area (Å²) in [6.07, 6.45) is -3.50. The highest BCUT2D eigenvalue weighted by molar-refractivity contribution is 5.98. The second kappa shape index (κ2) is 10.2. The Bertz CT molecular complexity index is 1230. The van der Waals surface area contributed by atoms with Gasteiger partial charge in [0.05, 0.1) is 18.4 Å². The first-order valence-corrected chi connectivity index (χ1v) is 11.6. The number of aromatic nitrogens is 3. The highest BCUT2D eigenvalue weighted by Crippen LogP contribution is 2.38. The summed E-state index contributed by atoms with van der Waals surface area (Å²) in [7, 11) is 1.39. The smallest absolute Gasteiger partial charge is 0.435 e. The lowest BCUT2D eigenvalue weighted by Gasteiger charge is -2.23. The molecule has 7 nitrogen and oxygen atoms in total. The van der Waals surface area contributed by atoms with E-state index in [9.17, 15) is 31.1 Å². The van der Waals surface area contributed by atoms with Crippen LogP contribution in [0.4, 0.5) is 26.3 Å². The molecule has 4 rings (SSSR count). The van der Waals surface area contributed by atoms with Crippen molar-refractivity contribution in [3.05, 3.63) is 52.5 Å². The molecule has 0 radical (unpaired) electrons. The van der Waals surface area contributed by atoms with Crippen LogP contribution in [-0.2, 0) is 30.6 Å². The van der Waals surface area contributed by atoms with Gasteiger partial charge in [0.25, 0.3) is 0 Å². The molecule has 1 aliphatic heterocycles. The van der Waals surface area contributed by atoms with Crippen LogP contribution in [0.3, 0.4) is 0 Å². The summed E-state index contributed by atoms with van der Waals surface area (Å²) in [4.78, 5) is 16.3. The zero-order chi connectivity index (χ0) is 27.0. The van der Waals surface area contributed by atoms with Gasteiger partial charge in [-0.15, -0.1) is 0 Å². The summed E-state index contributed by atoms with van der Waals surface area (Å²) in [6, 6.07) is 0.0467. The number of nitrogens with one attached hydrogen (secondary N) is 1. The molecule has 1 N–H and O–H groups in total. The van der Waals surface area contributed by atoms with E-state index in [-0.39, 0.29) is 48.7 Å². The molecule has 2 aromatic rings. The first-order chi connectivity index (χ1) is 17.3. The average Bonchev–Trinajstić information content (AvgIpc) is 3.54. The number of ketones is 1. The number of hydrazone groups is 1. The van der Waals surface area contributed by atoms with E-state index in [1.165, 1.54) is 19.4 Å². The SMILES string of the molecule is CC1=CC(CCC(=O)Cc2cnc(OCC3CC3)c(C(F)(F)F)c2)=NNC1c1cn(C)nc1C(F)(F)F. The van der Waals surface area contributed by atoms with E-state index in [1.807, 2.05) is 0 Å². The third-order valence-electron chi connectivity index (χ3n) is 6.05. The molecule has 1 fully saturated rings. The summed E-state index contributed by atoms with van der Waals surface area (Å²) in [5, 5.41) is 7.61. The van der Waals surface area contributed by atoms with Crippen LogP contribution in [0.15, 0.2) is 35.2 Å². The van der Waals surface area contributed by atoms with Gasteiger partial charge in [0.2, 0.25) is 5.88 Å². The van der Waals surface area contributed by atoms with Crippen LogP contribution in [0.1, 0.15) is 61.0 Å². The van der Waals surface area contributed by atoms with Gasteiger partial charge in [0.15, 0.2) is 5.69 Å². The van der Waals surface area contributed by atoms with E-state index < -0.39 is 35.5 Å². The normalized spacial score (nSPS) is 18.2. The van der Waals surface area contributed by atoms with E-state index in [1.54, 1.807) is 13.0 Å². The number of carbonyl (C=O) groups is 1. The summed E-state index contributed by atoms with van der Waals surface area (Å²) in [5.74, 6) is -0.565. The van der Waals surface area contributed by atoms with Crippen molar-refractivity contribution >= 4 is 11.5 Å². The van der Waals surface area contributed by atoms with Crippen molar-refractivity contribution in [2.75, 3.05) is 6.61 Å². The van der Waals surface area contributed by atoms with Gasteiger partial charge in [-0.2, -0.15) is 36.5 Å². The fourth-order valence-electron chi connectivity index (χ4n) is 3.98. The van der Waals surface area contributed by atoms with E-state index in [2.05, 4.69) is 20.6 Å². The Labute approximate surface area is 208 Å². The first kappa shape index (κ1) is 26.7. The van der Waals surface area contributed by atoms with Crippen molar-refractivity contribution in [1.29, 1.82) is 0 Å². The predicted octanol–water partition coefficient (Wildman–Crippen LogP) is 5.18. The quantitative estimate of drug-likeness (QED) is 0.453. The maximum Gasteiger partial charge on any atom is 0.435 e. The van der Waals surface area contributed by atoms with E-state index in [4.69, 9.17) is 4.74 Å². The van der Waals surface area contributed by atoms with Crippen molar-refractivity contribution in [1.82, 2.24) is 20.2 Å². The van der Waals surface area contributed by atoms with Gasteiger partial charge < -0.3 is 4.74 Å². The van der Waals surface area contributed by atoms with Gasteiger partial charge in [0, 0.05) is 37.8 Å². The topological polar surface area (TPSA) is 81.4 Å². The molecule has 3 heterocycles. The van der Waals surface area contributed by atoms with Crippen molar-refractivity contribution in [3.8, 4) is 5.88 Å². The maximum atomic E-state index is 13.5. The lowest BCUT2D eigenvalue weighted by atomic mass is 9.96. The molecule has 200 valence electrons. The summed E-state index contributed by atoms with van der Waals surface area (Å²) in [5.41, 5.74) is 1.71. The molecule has 1 atom stereocenters. The number of pyridine rings is 1. The molecule has 13 heteroatoms. The number of hydrogen-bond acceptors (Lipinski definition) is 6. The van der Waals surface area contributed by atoms with Crippen molar-refractivity contribution in [2.45, 2.75) is 57.4 Å².